The molecule has 0 aliphatic carbocycles. The summed E-state index contributed by atoms with van der Waals surface area (Å²) in [5.41, 5.74) is 4.42. The predicted octanol–water partition coefficient (Wildman–Crippen LogP) is 5.81. The molecule has 5 heteroatoms. The predicted molar refractivity (Wildman–Crippen MR) is 119 cm³/mol. The van der Waals surface area contributed by atoms with Gasteiger partial charge in [-0.3, -0.25) is 4.79 Å². The molecule has 4 nitrogen and oxygen atoms in total. The van der Waals surface area contributed by atoms with E-state index < -0.39 is 0 Å². The lowest BCUT2D eigenvalue weighted by Gasteiger charge is -2.14. The van der Waals surface area contributed by atoms with Gasteiger partial charge >= 0.3 is 5.97 Å². The van der Waals surface area contributed by atoms with E-state index in [0.717, 1.165) is 38.0 Å². The van der Waals surface area contributed by atoms with Gasteiger partial charge in [0.25, 0.3) is 0 Å². The van der Waals surface area contributed by atoms with Crippen molar-refractivity contribution in [3.8, 4) is 11.5 Å². The van der Waals surface area contributed by atoms with Crippen molar-refractivity contribution in [1.29, 1.82) is 0 Å². The number of fused-ring (bicyclic) bond motifs is 3. The van der Waals surface area contributed by atoms with Gasteiger partial charge in [0.05, 0.1) is 23.0 Å². The highest BCUT2D eigenvalue weighted by Crippen LogP contribution is 2.45. The van der Waals surface area contributed by atoms with Crippen LogP contribution in [0, 0.1) is 6.92 Å². The molecular weight excluding hydrogens is 382 g/mol. The van der Waals surface area contributed by atoms with Crippen LogP contribution in [-0.4, -0.2) is 23.9 Å². The highest BCUT2D eigenvalue weighted by atomic mass is 32.2. The van der Waals surface area contributed by atoms with E-state index in [-0.39, 0.29) is 5.97 Å². The van der Waals surface area contributed by atoms with Gasteiger partial charge < -0.3 is 14.0 Å². The number of carbonyl (C=O) groups excluding carboxylic acids is 1. The monoisotopic (exact) mass is 405 g/mol. The van der Waals surface area contributed by atoms with Crippen LogP contribution in [0.25, 0.3) is 21.8 Å². The van der Waals surface area contributed by atoms with Gasteiger partial charge in [-0.05, 0) is 42.5 Å². The van der Waals surface area contributed by atoms with Crippen molar-refractivity contribution < 1.29 is 14.3 Å². The maximum absolute atomic E-state index is 11.7. The Morgan fingerprint density at radius 3 is 2.45 bits per heavy atom. The van der Waals surface area contributed by atoms with E-state index in [2.05, 4.69) is 41.8 Å². The number of nitrogens with zero attached hydrogens (tertiary/aromatic N) is 1. The minimum absolute atomic E-state index is 0.317. The van der Waals surface area contributed by atoms with Crippen LogP contribution >= 0.6 is 11.8 Å². The highest BCUT2D eigenvalue weighted by Gasteiger charge is 2.22. The second-order valence-corrected chi connectivity index (χ2v) is 7.78. The number of thioether (sulfide) groups is 1. The van der Waals surface area contributed by atoms with E-state index in [1.807, 2.05) is 30.5 Å². The van der Waals surface area contributed by atoms with Gasteiger partial charge in [0, 0.05) is 24.2 Å². The minimum Gasteiger partial charge on any atom is -0.496 e. The zero-order valence-electron chi connectivity index (χ0n) is 17.0. The number of rotatable bonds is 5. The quantitative estimate of drug-likeness (QED) is 0.239. The second kappa shape index (κ2) is 7.84. The number of carbonyl (C=O) groups is 1. The number of aryl methyl sites for hydroxylation is 1. The molecule has 148 valence electrons. The van der Waals surface area contributed by atoms with Crippen molar-refractivity contribution in [3.05, 3.63) is 65.7 Å². The first kappa shape index (κ1) is 19.4. The SMILES string of the molecule is COc1cccc2c1c1c(C)cc(OC(C)=O)c(SC)c1n2Cc1ccccc1. The van der Waals surface area contributed by atoms with Crippen LogP contribution in [0.2, 0.25) is 0 Å². The Morgan fingerprint density at radius 2 is 1.79 bits per heavy atom. The van der Waals surface area contributed by atoms with Crippen LogP contribution < -0.4 is 9.47 Å². The van der Waals surface area contributed by atoms with Crippen LogP contribution in [0.3, 0.4) is 0 Å². The molecule has 0 unspecified atom stereocenters. The number of ether oxygens (including phenoxy) is 2. The van der Waals surface area contributed by atoms with Crippen molar-refractivity contribution in [2.45, 2.75) is 25.3 Å². The van der Waals surface area contributed by atoms with Gasteiger partial charge in [0.1, 0.15) is 11.5 Å². The maximum Gasteiger partial charge on any atom is 0.308 e. The molecule has 4 rings (SSSR count). The first-order valence-corrected chi connectivity index (χ1v) is 10.7. The summed E-state index contributed by atoms with van der Waals surface area (Å²) in [4.78, 5) is 12.7. The van der Waals surface area contributed by atoms with Crippen molar-refractivity contribution in [3.63, 3.8) is 0 Å². The second-order valence-electron chi connectivity index (χ2n) is 6.97. The van der Waals surface area contributed by atoms with Crippen LogP contribution in [0.1, 0.15) is 18.1 Å². The molecule has 0 amide bonds. The molecule has 4 aromatic rings. The van der Waals surface area contributed by atoms with E-state index >= 15 is 0 Å². The molecular formula is C24H23NO3S. The van der Waals surface area contributed by atoms with Gasteiger partial charge in [-0.2, -0.15) is 0 Å². The standard InChI is InChI=1S/C24H23NO3S/c1-15-13-20(28-16(2)26)24(29-4)23-21(15)22-18(11-8-12-19(22)27-3)25(23)14-17-9-6-5-7-10-17/h5-13H,14H2,1-4H3. The van der Waals surface area contributed by atoms with Crippen molar-refractivity contribution >= 4 is 39.5 Å². The average molecular weight is 406 g/mol. The molecule has 0 aliphatic rings. The number of methoxy groups -OCH3 is 1. The molecule has 1 heterocycles. The van der Waals surface area contributed by atoms with Crippen LogP contribution in [0.15, 0.2) is 59.5 Å². The number of hydrogen-bond acceptors (Lipinski definition) is 4. The van der Waals surface area contributed by atoms with Crippen LogP contribution in [-0.2, 0) is 11.3 Å². The maximum atomic E-state index is 11.7. The Bertz CT molecular complexity index is 1210. The topological polar surface area (TPSA) is 40.5 Å². The van der Waals surface area contributed by atoms with E-state index in [0.29, 0.717) is 12.3 Å². The summed E-state index contributed by atoms with van der Waals surface area (Å²) in [5, 5.41) is 2.22. The molecule has 29 heavy (non-hydrogen) atoms. The van der Waals surface area contributed by atoms with Crippen LogP contribution in [0.4, 0.5) is 0 Å². The third kappa shape index (κ3) is 3.36. The molecule has 0 fully saturated rings. The summed E-state index contributed by atoms with van der Waals surface area (Å²) in [5.74, 6) is 1.13. The van der Waals surface area contributed by atoms with Gasteiger partial charge in [0.2, 0.25) is 0 Å². The Kier molecular flexibility index (Phi) is 5.24. The van der Waals surface area contributed by atoms with E-state index in [4.69, 9.17) is 9.47 Å². The van der Waals surface area contributed by atoms with Gasteiger partial charge in [-0.25, -0.2) is 0 Å². The van der Waals surface area contributed by atoms with Crippen molar-refractivity contribution in [2.75, 3.05) is 13.4 Å². The molecule has 0 N–H and O–H groups in total. The number of esters is 1. The smallest absolute Gasteiger partial charge is 0.308 e. The van der Waals surface area contributed by atoms with E-state index in [1.165, 1.54) is 12.5 Å². The summed E-state index contributed by atoms with van der Waals surface area (Å²) in [7, 11) is 1.70. The lowest BCUT2D eigenvalue weighted by Crippen LogP contribution is -2.05. The summed E-state index contributed by atoms with van der Waals surface area (Å²) in [6.45, 7) is 4.20. The summed E-state index contributed by atoms with van der Waals surface area (Å²) in [6, 6.07) is 18.5. The molecule has 0 aliphatic heterocycles. The Labute approximate surface area is 174 Å². The number of benzene rings is 3. The third-order valence-corrected chi connectivity index (χ3v) is 5.90. The van der Waals surface area contributed by atoms with Gasteiger partial charge in [0.15, 0.2) is 0 Å². The largest absolute Gasteiger partial charge is 0.496 e. The summed E-state index contributed by atoms with van der Waals surface area (Å²) < 4.78 is 13.6. The number of hydrogen-bond donors (Lipinski definition) is 0. The van der Waals surface area contributed by atoms with Crippen molar-refractivity contribution in [1.82, 2.24) is 4.57 Å². The van der Waals surface area contributed by atoms with Gasteiger partial charge in [-0.15, -0.1) is 11.8 Å². The molecule has 0 spiro atoms. The van der Waals surface area contributed by atoms with Crippen LogP contribution in [0.5, 0.6) is 11.5 Å². The Morgan fingerprint density at radius 1 is 1.03 bits per heavy atom. The highest BCUT2D eigenvalue weighted by molar-refractivity contribution is 7.99. The fraction of sp³-hybridized carbons (Fsp3) is 0.208. The molecule has 0 bridgehead atoms. The Hall–Kier alpha value is -2.92. The van der Waals surface area contributed by atoms with E-state index in [9.17, 15) is 4.79 Å². The van der Waals surface area contributed by atoms with Gasteiger partial charge in [-0.1, -0.05) is 36.4 Å². The lowest BCUT2D eigenvalue weighted by atomic mass is 10.1. The normalized spacial score (nSPS) is 11.2. The molecule has 3 aromatic carbocycles. The number of aromatic nitrogens is 1. The molecule has 0 radical (unpaired) electrons. The first-order chi connectivity index (χ1) is 14.0. The lowest BCUT2D eigenvalue weighted by molar-refractivity contribution is -0.132. The zero-order chi connectivity index (χ0) is 20.5. The molecule has 0 saturated carbocycles. The fourth-order valence-corrected chi connectivity index (χ4v) is 4.68. The average Bonchev–Trinajstić information content (AvgIpc) is 3.03. The molecule has 1 aromatic heterocycles. The summed E-state index contributed by atoms with van der Waals surface area (Å²) in [6.07, 6.45) is 2.01. The van der Waals surface area contributed by atoms with E-state index in [1.54, 1.807) is 18.9 Å². The molecule has 0 saturated heterocycles. The summed E-state index contributed by atoms with van der Waals surface area (Å²) >= 11 is 1.59. The van der Waals surface area contributed by atoms with Crippen molar-refractivity contribution in [2.24, 2.45) is 0 Å². The third-order valence-electron chi connectivity index (χ3n) is 5.09. The fourth-order valence-electron chi connectivity index (χ4n) is 3.97. The first-order valence-electron chi connectivity index (χ1n) is 9.44. The Balaban J connectivity index is 2.14. The molecule has 0 atom stereocenters. The minimum atomic E-state index is -0.317. The zero-order valence-corrected chi connectivity index (χ0v) is 17.8.